The first-order valence-corrected chi connectivity index (χ1v) is 12.6. The standard InChI is InChI=1S/C28H21N5O3S/c34-26(24-22(12-15-37-24)31-21-11-14-30-25-20(21)10-13-29-25)32-23(17-6-2-1-3-7-17)16-33-27(35)18-8-4-5-9-19(18)28(33)36/h1-15,23H,16H2,(H,32,34)(H2,29,30,31). The van der Waals surface area contributed by atoms with Crippen LogP contribution in [-0.2, 0) is 0 Å². The number of imide groups is 1. The van der Waals surface area contributed by atoms with Gasteiger partial charge >= 0.3 is 0 Å². The highest BCUT2D eigenvalue weighted by atomic mass is 32.1. The SMILES string of the molecule is O=C(NC(CN1C(=O)c2ccccc2C1=O)c1ccccc1)c1sccc1Nc1ccnc2[nH]ccc12. The molecule has 0 saturated heterocycles. The number of amides is 3. The van der Waals surface area contributed by atoms with Gasteiger partial charge in [0, 0.05) is 17.8 Å². The topological polar surface area (TPSA) is 107 Å². The number of H-pyrrole nitrogens is 1. The molecule has 1 unspecified atom stereocenters. The summed E-state index contributed by atoms with van der Waals surface area (Å²) >= 11 is 1.31. The normalized spacial score (nSPS) is 13.6. The van der Waals surface area contributed by atoms with Crippen molar-refractivity contribution in [2.45, 2.75) is 6.04 Å². The number of benzene rings is 2. The average Bonchev–Trinajstić information content (AvgIpc) is 3.65. The fourth-order valence-electron chi connectivity index (χ4n) is 4.53. The Morgan fingerprint density at radius 2 is 1.65 bits per heavy atom. The van der Waals surface area contributed by atoms with E-state index in [9.17, 15) is 14.4 Å². The van der Waals surface area contributed by atoms with Crippen molar-refractivity contribution in [1.82, 2.24) is 20.2 Å². The van der Waals surface area contributed by atoms with E-state index in [0.29, 0.717) is 21.7 Å². The molecule has 3 aromatic heterocycles. The number of nitrogens with one attached hydrogen (secondary N) is 3. The fraction of sp³-hybridized carbons (Fsp3) is 0.0714. The van der Waals surface area contributed by atoms with Crippen LogP contribution in [0.1, 0.15) is 42.0 Å². The summed E-state index contributed by atoms with van der Waals surface area (Å²) in [5.74, 6) is -1.02. The molecule has 2 aromatic carbocycles. The van der Waals surface area contributed by atoms with E-state index in [0.717, 1.165) is 22.3 Å². The van der Waals surface area contributed by atoms with Crippen LogP contribution in [0.15, 0.2) is 90.6 Å². The van der Waals surface area contributed by atoms with E-state index in [2.05, 4.69) is 20.6 Å². The smallest absolute Gasteiger partial charge is 0.264 e. The zero-order chi connectivity index (χ0) is 25.4. The van der Waals surface area contributed by atoms with Gasteiger partial charge in [0.25, 0.3) is 17.7 Å². The van der Waals surface area contributed by atoms with Crippen LogP contribution in [0.25, 0.3) is 11.0 Å². The maximum Gasteiger partial charge on any atom is 0.264 e. The molecule has 0 fully saturated rings. The van der Waals surface area contributed by atoms with Gasteiger partial charge in [-0.25, -0.2) is 4.98 Å². The average molecular weight is 508 g/mol. The van der Waals surface area contributed by atoms with Crippen LogP contribution in [0.4, 0.5) is 11.4 Å². The number of hydrogen-bond donors (Lipinski definition) is 3. The van der Waals surface area contributed by atoms with E-state index in [1.165, 1.54) is 16.2 Å². The van der Waals surface area contributed by atoms with Gasteiger partial charge in [-0.15, -0.1) is 11.3 Å². The zero-order valence-electron chi connectivity index (χ0n) is 19.5. The second kappa shape index (κ2) is 9.36. The lowest BCUT2D eigenvalue weighted by Crippen LogP contribution is -2.40. The lowest BCUT2D eigenvalue weighted by Gasteiger charge is -2.24. The number of pyridine rings is 1. The number of aromatic amines is 1. The van der Waals surface area contributed by atoms with Crippen molar-refractivity contribution in [1.29, 1.82) is 0 Å². The van der Waals surface area contributed by atoms with Crippen molar-refractivity contribution in [2.24, 2.45) is 0 Å². The van der Waals surface area contributed by atoms with Crippen molar-refractivity contribution in [2.75, 3.05) is 11.9 Å². The fourth-order valence-corrected chi connectivity index (χ4v) is 5.28. The van der Waals surface area contributed by atoms with Crippen LogP contribution in [0, 0.1) is 0 Å². The Morgan fingerprint density at radius 1 is 0.919 bits per heavy atom. The second-order valence-corrected chi connectivity index (χ2v) is 9.51. The number of anilines is 2. The first-order chi connectivity index (χ1) is 18.1. The second-order valence-electron chi connectivity index (χ2n) is 8.59. The van der Waals surface area contributed by atoms with Gasteiger partial charge < -0.3 is 15.6 Å². The molecule has 0 bridgehead atoms. The molecular weight excluding hydrogens is 486 g/mol. The molecule has 1 aliphatic rings. The van der Waals surface area contributed by atoms with Crippen LogP contribution in [0.5, 0.6) is 0 Å². The van der Waals surface area contributed by atoms with E-state index < -0.39 is 6.04 Å². The largest absolute Gasteiger partial charge is 0.354 e. The highest BCUT2D eigenvalue weighted by molar-refractivity contribution is 7.12. The first-order valence-electron chi connectivity index (χ1n) is 11.7. The third kappa shape index (κ3) is 4.15. The summed E-state index contributed by atoms with van der Waals surface area (Å²) in [5, 5.41) is 9.15. The summed E-state index contributed by atoms with van der Waals surface area (Å²) in [6.45, 7) is 0.0184. The predicted molar refractivity (Wildman–Crippen MR) is 142 cm³/mol. The van der Waals surface area contributed by atoms with Gasteiger partial charge in [0.05, 0.1) is 35.1 Å². The van der Waals surface area contributed by atoms with Crippen LogP contribution < -0.4 is 10.6 Å². The Balaban J connectivity index is 1.27. The lowest BCUT2D eigenvalue weighted by molar-refractivity contribution is 0.0629. The third-order valence-corrected chi connectivity index (χ3v) is 7.26. The molecular formula is C28H21N5O3S. The van der Waals surface area contributed by atoms with Crippen LogP contribution >= 0.6 is 11.3 Å². The molecule has 0 aliphatic carbocycles. The molecule has 6 rings (SSSR count). The van der Waals surface area contributed by atoms with Crippen molar-refractivity contribution >= 4 is 51.5 Å². The molecule has 0 saturated carbocycles. The number of hydrogen-bond acceptors (Lipinski definition) is 6. The summed E-state index contributed by atoms with van der Waals surface area (Å²) < 4.78 is 0. The highest BCUT2D eigenvalue weighted by Gasteiger charge is 2.37. The summed E-state index contributed by atoms with van der Waals surface area (Å²) in [4.78, 5) is 48.6. The molecule has 3 amide bonds. The number of rotatable bonds is 7. The molecule has 5 aromatic rings. The van der Waals surface area contributed by atoms with Crippen molar-refractivity contribution in [3.05, 3.63) is 112 Å². The van der Waals surface area contributed by atoms with Crippen molar-refractivity contribution in [3.63, 3.8) is 0 Å². The minimum absolute atomic E-state index is 0.0184. The van der Waals surface area contributed by atoms with E-state index in [4.69, 9.17) is 0 Å². The van der Waals surface area contributed by atoms with E-state index in [1.807, 2.05) is 60.1 Å². The van der Waals surface area contributed by atoms with Crippen LogP contribution in [-0.4, -0.2) is 39.1 Å². The minimum atomic E-state index is -0.594. The molecule has 0 spiro atoms. The third-order valence-electron chi connectivity index (χ3n) is 6.35. The molecule has 1 aliphatic heterocycles. The number of carbonyl (C=O) groups excluding carboxylic acids is 3. The maximum absolute atomic E-state index is 13.5. The van der Waals surface area contributed by atoms with E-state index in [1.54, 1.807) is 30.5 Å². The molecule has 182 valence electrons. The molecule has 8 nitrogen and oxygen atoms in total. The van der Waals surface area contributed by atoms with Gasteiger partial charge in [-0.3, -0.25) is 19.3 Å². The zero-order valence-corrected chi connectivity index (χ0v) is 20.3. The Morgan fingerprint density at radius 3 is 2.41 bits per heavy atom. The minimum Gasteiger partial charge on any atom is -0.354 e. The number of aromatic nitrogens is 2. The van der Waals surface area contributed by atoms with Crippen LogP contribution in [0.3, 0.4) is 0 Å². The molecule has 37 heavy (non-hydrogen) atoms. The Bertz CT molecular complexity index is 1610. The Hall–Kier alpha value is -4.76. The predicted octanol–water partition coefficient (Wildman–Crippen LogP) is 5.14. The van der Waals surface area contributed by atoms with Gasteiger partial charge in [0.2, 0.25) is 0 Å². The van der Waals surface area contributed by atoms with Gasteiger partial charge in [-0.1, -0.05) is 42.5 Å². The van der Waals surface area contributed by atoms with Crippen LogP contribution in [0.2, 0.25) is 0 Å². The Labute approximate surface area is 216 Å². The monoisotopic (exact) mass is 507 g/mol. The van der Waals surface area contributed by atoms with Crippen molar-refractivity contribution in [3.8, 4) is 0 Å². The molecule has 0 radical (unpaired) electrons. The number of nitrogens with zero attached hydrogens (tertiary/aromatic N) is 2. The molecule has 1 atom stereocenters. The van der Waals surface area contributed by atoms with Gasteiger partial charge in [0.1, 0.15) is 10.5 Å². The number of carbonyl (C=O) groups is 3. The summed E-state index contributed by atoms with van der Waals surface area (Å²) in [6, 6.07) is 21.1. The van der Waals surface area contributed by atoms with Crippen molar-refractivity contribution < 1.29 is 14.4 Å². The lowest BCUT2D eigenvalue weighted by atomic mass is 10.1. The van der Waals surface area contributed by atoms with Gasteiger partial charge in [-0.05, 0) is 41.3 Å². The molecule has 4 heterocycles. The van der Waals surface area contributed by atoms with E-state index in [-0.39, 0.29) is 24.3 Å². The van der Waals surface area contributed by atoms with E-state index >= 15 is 0 Å². The summed E-state index contributed by atoms with van der Waals surface area (Å²) in [6.07, 6.45) is 3.51. The summed E-state index contributed by atoms with van der Waals surface area (Å²) in [5.41, 5.74) is 3.78. The maximum atomic E-state index is 13.5. The number of fused-ring (bicyclic) bond motifs is 2. The number of thiophene rings is 1. The summed E-state index contributed by atoms with van der Waals surface area (Å²) in [7, 11) is 0. The Kier molecular flexibility index (Phi) is 5.74. The molecule has 3 N–H and O–H groups in total. The van der Waals surface area contributed by atoms with Gasteiger partial charge in [-0.2, -0.15) is 0 Å². The molecule has 9 heteroatoms. The highest BCUT2D eigenvalue weighted by Crippen LogP contribution is 2.31. The van der Waals surface area contributed by atoms with Gasteiger partial charge in [0.15, 0.2) is 0 Å². The first kappa shape index (κ1) is 22.7. The quantitative estimate of drug-likeness (QED) is 0.265.